The molecule has 0 aliphatic heterocycles. The molecule has 0 aliphatic carbocycles. The van der Waals surface area contributed by atoms with E-state index in [9.17, 15) is 13.6 Å². The molecule has 148 valence electrons. The molecule has 0 aromatic heterocycles. The van der Waals surface area contributed by atoms with Gasteiger partial charge in [0, 0.05) is 16.1 Å². The summed E-state index contributed by atoms with van der Waals surface area (Å²) < 4.78 is 32.8. The van der Waals surface area contributed by atoms with E-state index in [0.29, 0.717) is 24.0 Å². The third-order valence-electron chi connectivity index (χ3n) is 3.84. The number of ether oxygens (including phenoxy) is 1. The van der Waals surface area contributed by atoms with E-state index in [1.54, 1.807) is 24.3 Å². The van der Waals surface area contributed by atoms with Crippen molar-refractivity contribution in [1.29, 1.82) is 0 Å². The van der Waals surface area contributed by atoms with E-state index in [0.717, 1.165) is 11.6 Å². The molecular formula is C21H15BrF2N2O2S. The van der Waals surface area contributed by atoms with Crippen LogP contribution in [0.5, 0.6) is 5.75 Å². The van der Waals surface area contributed by atoms with Crippen molar-refractivity contribution in [1.82, 2.24) is 5.32 Å². The van der Waals surface area contributed by atoms with Gasteiger partial charge in [-0.05, 0) is 64.0 Å². The van der Waals surface area contributed by atoms with Crippen LogP contribution in [0.2, 0.25) is 0 Å². The van der Waals surface area contributed by atoms with Gasteiger partial charge in [0.1, 0.15) is 18.2 Å². The Balaban J connectivity index is 1.57. The van der Waals surface area contributed by atoms with Gasteiger partial charge in [0.15, 0.2) is 10.9 Å². The van der Waals surface area contributed by atoms with Crippen molar-refractivity contribution in [2.24, 2.45) is 0 Å². The second kappa shape index (κ2) is 9.58. The van der Waals surface area contributed by atoms with Crippen molar-refractivity contribution in [3.05, 3.63) is 94.0 Å². The molecule has 2 N–H and O–H groups in total. The van der Waals surface area contributed by atoms with E-state index in [1.807, 2.05) is 30.3 Å². The highest BCUT2D eigenvalue weighted by molar-refractivity contribution is 9.10. The fourth-order valence-electron chi connectivity index (χ4n) is 2.43. The van der Waals surface area contributed by atoms with Crippen LogP contribution in [0.25, 0.3) is 0 Å². The minimum absolute atomic E-state index is 0.0682. The van der Waals surface area contributed by atoms with Gasteiger partial charge in [0.25, 0.3) is 5.91 Å². The summed E-state index contributed by atoms with van der Waals surface area (Å²) in [5, 5.41) is 4.87. The van der Waals surface area contributed by atoms with Crippen LogP contribution in [0.1, 0.15) is 15.9 Å². The number of hydrogen-bond acceptors (Lipinski definition) is 3. The quantitative estimate of drug-likeness (QED) is 0.481. The summed E-state index contributed by atoms with van der Waals surface area (Å²) >= 11 is 8.09. The zero-order valence-corrected chi connectivity index (χ0v) is 17.3. The van der Waals surface area contributed by atoms with Gasteiger partial charge in [-0.15, -0.1) is 0 Å². The van der Waals surface area contributed by atoms with Gasteiger partial charge in [-0.3, -0.25) is 10.1 Å². The molecule has 0 bridgehead atoms. The van der Waals surface area contributed by atoms with Crippen molar-refractivity contribution in [2.75, 3.05) is 5.32 Å². The topological polar surface area (TPSA) is 50.4 Å². The third kappa shape index (κ3) is 5.82. The highest BCUT2D eigenvalue weighted by Gasteiger charge is 2.13. The Morgan fingerprint density at radius 1 is 1.03 bits per heavy atom. The lowest BCUT2D eigenvalue weighted by Crippen LogP contribution is -2.34. The molecule has 0 fully saturated rings. The normalized spacial score (nSPS) is 10.3. The van der Waals surface area contributed by atoms with Crippen molar-refractivity contribution in [3.8, 4) is 5.75 Å². The number of carbonyl (C=O) groups excluding carboxylic acids is 1. The lowest BCUT2D eigenvalue weighted by atomic mass is 10.2. The first-order valence-corrected chi connectivity index (χ1v) is 9.66. The second-order valence-electron chi connectivity index (χ2n) is 5.95. The molecule has 0 heterocycles. The van der Waals surface area contributed by atoms with Crippen LogP contribution < -0.4 is 15.4 Å². The largest absolute Gasteiger partial charge is 0.489 e. The Kier molecular flexibility index (Phi) is 6.90. The number of nitrogens with one attached hydrogen (secondary N) is 2. The van der Waals surface area contributed by atoms with Crippen LogP contribution in [0.3, 0.4) is 0 Å². The van der Waals surface area contributed by atoms with Crippen molar-refractivity contribution in [2.45, 2.75) is 6.61 Å². The molecule has 29 heavy (non-hydrogen) atoms. The number of carbonyl (C=O) groups is 1. The molecule has 8 heteroatoms. The Hall–Kier alpha value is -2.84. The monoisotopic (exact) mass is 476 g/mol. The number of hydrogen-bond donors (Lipinski definition) is 2. The van der Waals surface area contributed by atoms with E-state index < -0.39 is 17.5 Å². The number of rotatable bonds is 5. The van der Waals surface area contributed by atoms with Crippen LogP contribution in [0.15, 0.2) is 71.2 Å². The third-order valence-corrected chi connectivity index (χ3v) is 4.67. The average Bonchev–Trinajstić information content (AvgIpc) is 2.70. The standard InChI is InChI=1S/C21H15BrF2N2O2S/c22-17-10-15(23)11-18(24)19(17)25-21(29)26-20(27)14-6-8-16(9-7-14)28-12-13-4-2-1-3-5-13/h1-11H,12H2,(H2,25,26,27,29). The summed E-state index contributed by atoms with van der Waals surface area (Å²) in [4.78, 5) is 12.3. The Bertz CT molecular complexity index is 1010. The minimum Gasteiger partial charge on any atom is -0.489 e. The summed E-state index contributed by atoms with van der Waals surface area (Å²) in [6, 6.07) is 18.0. The highest BCUT2D eigenvalue weighted by atomic mass is 79.9. The van der Waals surface area contributed by atoms with E-state index in [-0.39, 0.29) is 15.3 Å². The fourth-order valence-corrected chi connectivity index (χ4v) is 3.13. The lowest BCUT2D eigenvalue weighted by Gasteiger charge is -2.12. The Labute approximate surface area is 180 Å². The Morgan fingerprint density at radius 2 is 1.72 bits per heavy atom. The number of amides is 1. The molecule has 0 unspecified atom stereocenters. The smallest absolute Gasteiger partial charge is 0.257 e. The van der Waals surface area contributed by atoms with Crippen LogP contribution >= 0.6 is 28.1 Å². The molecule has 0 spiro atoms. The van der Waals surface area contributed by atoms with E-state index in [4.69, 9.17) is 17.0 Å². The van der Waals surface area contributed by atoms with Gasteiger partial charge in [0.05, 0.1) is 5.69 Å². The van der Waals surface area contributed by atoms with Gasteiger partial charge in [0.2, 0.25) is 0 Å². The van der Waals surface area contributed by atoms with Crippen LogP contribution in [-0.2, 0) is 6.61 Å². The molecule has 4 nitrogen and oxygen atoms in total. The molecule has 1 amide bonds. The van der Waals surface area contributed by atoms with Gasteiger partial charge < -0.3 is 10.1 Å². The molecule has 0 saturated carbocycles. The lowest BCUT2D eigenvalue weighted by molar-refractivity contribution is 0.0977. The summed E-state index contributed by atoms with van der Waals surface area (Å²) in [5.41, 5.74) is 1.31. The fraction of sp³-hybridized carbons (Fsp3) is 0.0476. The zero-order chi connectivity index (χ0) is 20.8. The first-order valence-electron chi connectivity index (χ1n) is 8.46. The maximum absolute atomic E-state index is 13.9. The highest BCUT2D eigenvalue weighted by Crippen LogP contribution is 2.26. The number of halogens is 3. The van der Waals surface area contributed by atoms with Crippen molar-refractivity contribution >= 4 is 44.9 Å². The first-order chi connectivity index (χ1) is 13.9. The van der Waals surface area contributed by atoms with Crippen molar-refractivity contribution < 1.29 is 18.3 Å². The van der Waals surface area contributed by atoms with Crippen LogP contribution in [0.4, 0.5) is 14.5 Å². The number of anilines is 1. The summed E-state index contributed by atoms with van der Waals surface area (Å²) in [6.45, 7) is 0.415. The molecule has 3 aromatic carbocycles. The SMILES string of the molecule is O=C(NC(=S)Nc1c(F)cc(F)cc1Br)c1ccc(OCc2ccccc2)cc1. The molecule has 0 aliphatic rings. The summed E-state index contributed by atoms with van der Waals surface area (Å²) in [7, 11) is 0. The van der Waals surface area contributed by atoms with Crippen molar-refractivity contribution in [3.63, 3.8) is 0 Å². The molecule has 0 saturated heterocycles. The van der Waals surface area contributed by atoms with Gasteiger partial charge in [-0.25, -0.2) is 8.78 Å². The van der Waals surface area contributed by atoms with E-state index in [2.05, 4.69) is 26.6 Å². The number of benzene rings is 3. The van der Waals surface area contributed by atoms with Gasteiger partial charge in [-0.1, -0.05) is 30.3 Å². The molecule has 3 rings (SSSR count). The second-order valence-corrected chi connectivity index (χ2v) is 7.21. The maximum atomic E-state index is 13.9. The van der Waals surface area contributed by atoms with Gasteiger partial charge in [-0.2, -0.15) is 0 Å². The number of thiocarbonyl (C=S) groups is 1. The van der Waals surface area contributed by atoms with E-state index in [1.165, 1.54) is 0 Å². The maximum Gasteiger partial charge on any atom is 0.257 e. The van der Waals surface area contributed by atoms with Gasteiger partial charge >= 0.3 is 0 Å². The predicted molar refractivity (Wildman–Crippen MR) is 115 cm³/mol. The Morgan fingerprint density at radius 3 is 2.38 bits per heavy atom. The summed E-state index contributed by atoms with van der Waals surface area (Å²) in [6.07, 6.45) is 0. The minimum atomic E-state index is -0.839. The first kappa shape index (κ1) is 20.9. The average molecular weight is 477 g/mol. The molecule has 0 atom stereocenters. The predicted octanol–water partition coefficient (Wildman–Crippen LogP) is 5.43. The summed E-state index contributed by atoms with van der Waals surface area (Å²) in [5.74, 6) is -1.43. The molecular weight excluding hydrogens is 462 g/mol. The molecule has 0 radical (unpaired) electrons. The molecule has 3 aromatic rings. The van der Waals surface area contributed by atoms with E-state index >= 15 is 0 Å². The zero-order valence-electron chi connectivity index (χ0n) is 14.9. The van der Waals surface area contributed by atoms with Crippen LogP contribution in [-0.4, -0.2) is 11.0 Å². The van der Waals surface area contributed by atoms with Crippen LogP contribution in [0, 0.1) is 11.6 Å².